The fourth-order valence-corrected chi connectivity index (χ4v) is 2.74. The van der Waals surface area contributed by atoms with E-state index in [1.807, 2.05) is 6.08 Å². The Morgan fingerprint density at radius 3 is 2.83 bits per heavy atom. The first-order valence-electron chi connectivity index (χ1n) is 7.52. The van der Waals surface area contributed by atoms with Crippen LogP contribution in [-0.4, -0.2) is 5.97 Å². The quantitative estimate of drug-likeness (QED) is 0.342. The minimum atomic E-state index is -0.454. The van der Waals surface area contributed by atoms with E-state index in [1.54, 1.807) is 13.0 Å². The lowest BCUT2D eigenvalue weighted by Crippen LogP contribution is -2.02. The molecule has 0 bridgehead atoms. The van der Waals surface area contributed by atoms with E-state index in [9.17, 15) is 4.79 Å². The van der Waals surface area contributed by atoms with Crippen molar-refractivity contribution in [3.05, 3.63) is 83.7 Å². The Morgan fingerprint density at radius 1 is 1.22 bits per heavy atom. The lowest BCUT2D eigenvalue weighted by molar-refractivity contribution is -0.134. The van der Waals surface area contributed by atoms with Crippen LogP contribution in [0.1, 0.15) is 23.6 Å². The topological polar surface area (TPSA) is 26.3 Å². The first kappa shape index (κ1) is 15.0. The highest BCUT2D eigenvalue weighted by Gasteiger charge is 2.11. The fraction of sp³-hybridized carbons (Fsp3) is 0.0952. The zero-order valence-corrected chi connectivity index (χ0v) is 13.1. The number of carbonyl (C=O) groups excluding carboxylic acids is 1. The number of hydrogen-bond donors (Lipinski definition) is 0. The Morgan fingerprint density at radius 2 is 2.04 bits per heavy atom. The molecule has 23 heavy (non-hydrogen) atoms. The van der Waals surface area contributed by atoms with Crippen LogP contribution in [0.2, 0.25) is 0 Å². The molecule has 1 aliphatic rings. The van der Waals surface area contributed by atoms with Crippen LogP contribution >= 0.6 is 0 Å². The number of esters is 1. The van der Waals surface area contributed by atoms with Gasteiger partial charge in [0.1, 0.15) is 5.76 Å². The Kier molecular flexibility index (Phi) is 3.98. The largest absolute Gasteiger partial charge is 0.424 e. The maximum atomic E-state index is 11.5. The zero-order chi connectivity index (χ0) is 16.4. The molecule has 0 amide bonds. The van der Waals surface area contributed by atoms with Crippen molar-refractivity contribution in [2.75, 3.05) is 0 Å². The maximum absolute atomic E-state index is 11.5. The summed E-state index contributed by atoms with van der Waals surface area (Å²) in [6.45, 7) is 8.93. The van der Waals surface area contributed by atoms with Crippen LogP contribution in [-0.2, 0) is 16.0 Å². The molecule has 0 unspecified atom stereocenters. The van der Waals surface area contributed by atoms with Crippen molar-refractivity contribution in [1.29, 1.82) is 0 Å². The molecule has 114 valence electrons. The van der Waals surface area contributed by atoms with Gasteiger partial charge < -0.3 is 4.74 Å². The van der Waals surface area contributed by atoms with Crippen molar-refractivity contribution in [3.8, 4) is 0 Å². The lowest BCUT2D eigenvalue weighted by atomic mass is 9.89. The molecule has 0 fully saturated rings. The molecule has 0 saturated heterocycles. The van der Waals surface area contributed by atoms with Gasteiger partial charge in [0.15, 0.2) is 0 Å². The van der Waals surface area contributed by atoms with Gasteiger partial charge in [-0.2, -0.15) is 0 Å². The van der Waals surface area contributed by atoms with E-state index < -0.39 is 5.97 Å². The average molecular weight is 302 g/mol. The van der Waals surface area contributed by atoms with Crippen LogP contribution in [0.5, 0.6) is 0 Å². The van der Waals surface area contributed by atoms with Crippen molar-refractivity contribution >= 4 is 28.9 Å². The molecule has 2 aromatic rings. The highest BCUT2D eigenvalue weighted by Crippen LogP contribution is 2.31. The van der Waals surface area contributed by atoms with Gasteiger partial charge in [-0.05, 0) is 46.9 Å². The van der Waals surface area contributed by atoms with Gasteiger partial charge in [0.2, 0.25) is 0 Å². The Bertz CT molecular complexity index is 882. The van der Waals surface area contributed by atoms with Crippen LogP contribution < -0.4 is 0 Å². The summed E-state index contributed by atoms with van der Waals surface area (Å²) in [7, 11) is 0. The van der Waals surface area contributed by atoms with E-state index in [-0.39, 0.29) is 0 Å². The molecule has 1 aliphatic carbocycles. The summed E-state index contributed by atoms with van der Waals surface area (Å²) in [6, 6.07) is 10.5. The fourth-order valence-electron chi connectivity index (χ4n) is 2.74. The van der Waals surface area contributed by atoms with Crippen LogP contribution in [0.15, 0.2) is 67.0 Å². The summed E-state index contributed by atoms with van der Waals surface area (Å²) in [6.07, 6.45) is 8.89. The van der Waals surface area contributed by atoms with Crippen LogP contribution in [0.3, 0.4) is 0 Å². The van der Waals surface area contributed by atoms with E-state index >= 15 is 0 Å². The molecular weight excluding hydrogens is 284 g/mol. The Balaban J connectivity index is 1.92. The van der Waals surface area contributed by atoms with Gasteiger partial charge in [0, 0.05) is 5.57 Å². The van der Waals surface area contributed by atoms with Crippen molar-refractivity contribution < 1.29 is 9.53 Å². The minimum absolute atomic E-state index is 0.310. The highest BCUT2D eigenvalue weighted by molar-refractivity contribution is 5.97. The highest BCUT2D eigenvalue weighted by atomic mass is 16.5. The van der Waals surface area contributed by atoms with Crippen molar-refractivity contribution in [1.82, 2.24) is 0 Å². The predicted molar refractivity (Wildman–Crippen MR) is 95.8 cm³/mol. The number of ether oxygens (including phenoxy) is 1. The zero-order valence-electron chi connectivity index (χ0n) is 13.1. The second-order valence-corrected chi connectivity index (χ2v) is 5.65. The number of carbonyl (C=O) groups is 1. The van der Waals surface area contributed by atoms with E-state index in [0.29, 0.717) is 11.3 Å². The predicted octanol–water partition coefficient (Wildman–Crippen LogP) is 5.06. The smallest absolute Gasteiger partial charge is 0.338 e. The minimum Gasteiger partial charge on any atom is -0.424 e. The molecule has 3 rings (SSSR count). The van der Waals surface area contributed by atoms with Crippen molar-refractivity contribution in [2.24, 2.45) is 0 Å². The molecule has 0 heterocycles. The molecule has 0 spiro atoms. The molecule has 0 aliphatic heterocycles. The molecule has 2 heteroatoms. The summed E-state index contributed by atoms with van der Waals surface area (Å²) < 4.78 is 5.10. The first-order chi connectivity index (χ1) is 11.1. The van der Waals surface area contributed by atoms with Gasteiger partial charge in [-0.15, -0.1) is 0 Å². The molecule has 2 nitrogen and oxygen atoms in total. The van der Waals surface area contributed by atoms with Gasteiger partial charge in [0.05, 0.1) is 0 Å². The lowest BCUT2D eigenvalue weighted by Gasteiger charge is -2.15. The second-order valence-electron chi connectivity index (χ2n) is 5.65. The monoisotopic (exact) mass is 302 g/mol. The van der Waals surface area contributed by atoms with E-state index in [1.165, 1.54) is 21.9 Å². The second kappa shape index (κ2) is 6.09. The SMILES string of the molecule is C=C(/C=C\c1ccc2cccc3c2c1CC=C3)OC(=O)C(=C)C. The third-order valence-corrected chi connectivity index (χ3v) is 3.86. The molecule has 0 aromatic heterocycles. The van der Waals surface area contributed by atoms with E-state index in [2.05, 4.69) is 55.6 Å². The van der Waals surface area contributed by atoms with Crippen molar-refractivity contribution in [2.45, 2.75) is 13.3 Å². The van der Waals surface area contributed by atoms with E-state index in [4.69, 9.17) is 4.74 Å². The van der Waals surface area contributed by atoms with Crippen LogP contribution in [0.4, 0.5) is 0 Å². The standard InChI is InChI=1S/C21H18O2/c1-14(2)21(22)23-15(3)10-11-16-12-13-18-7-4-6-17-8-5-9-19(16)20(17)18/h4-8,10-13H,1,3,9H2,2H3/b11-10-. The third kappa shape index (κ3) is 3.02. The molecule has 0 saturated carbocycles. The normalized spacial score (nSPS) is 12.6. The van der Waals surface area contributed by atoms with E-state index in [0.717, 1.165) is 12.0 Å². The Hall–Kier alpha value is -2.87. The summed E-state index contributed by atoms with van der Waals surface area (Å²) in [5.41, 5.74) is 4.00. The molecule has 0 N–H and O–H groups in total. The number of hydrogen-bond acceptors (Lipinski definition) is 2. The molecule has 2 aromatic carbocycles. The number of benzene rings is 2. The summed E-state index contributed by atoms with van der Waals surface area (Å²) in [4.78, 5) is 11.5. The van der Waals surface area contributed by atoms with Crippen LogP contribution in [0, 0.1) is 0 Å². The number of rotatable bonds is 4. The van der Waals surface area contributed by atoms with Gasteiger partial charge in [-0.3, -0.25) is 0 Å². The van der Waals surface area contributed by atoms with Gasteiger partial charge in [-0.1, -0.05) is 61.7 Å². The summed E-state index contributed by atoms with van der Waals surface area (Å²) in [5, 5.41) is 2.54. The first-order valence-corrected chi connectivity index (χ1v) is 7.52. The number of allylic oxidation sites excluding steroid dienone is 2. The summed E-state index contributed by atoms with van der Waals surface area (Å²) >= 11 is 0. The van der Waals surface area contributed by atoms with Crippen molar-refractivity contribution in [3.63, 3.8) is 0 Å². The summed E-state index contributed by atoms with van der Waals surface area (Å²) in [5.74, 6) is -0.144. The Labute approximate surface area is 136 Å². The molecule has 0 atom stereocenters. The van der Waals surface area contributed by atoms with Gasteiger partial charge >= 0.3 is 5.97 Å². The maximum Gasteiger partial charge on any atom is 0.338 e. The third-order valence-electron chi connectivity index (χ3n) is 3.86. The molecular formula is C21H18O2. The molecule has 0 radical (unpaired) electrons. The van der Waals surface area contributed by atoms with Gasteiger partial charge in [-0.25, -0.2) is 4.79 Å². The van der Waals surface area contributed by atoms with Crippen LogP contribution in [0.25, 0.3) is 22.9 Å². The average Bonchev–Trinajstić information content (AvgIpc) is 2.54. The van der Waals surface area contributed by atoms with Gasteiger partial charge in [0.25, 0.3) is 0 Å².